The molecule has 0 radical (unpaired) electrons. The minimum atomic E-state index is 0.0530. The molecule has 0 atom stereocenters. The predicted octanol–water partition coefficient (Wildman–Crippen LogP) is -0.264. The van der Waals surface area contributed by atoms with Crippen LogP contribution in [0.4, 0.5) is 11.5 Å². The van der Waals surface area contributed by atoms with Crippen molar-refractivity contribution in [3.05, 3.63) is 6.33 Å². The first-order valence-electron chi connectivity index (χ1n) is 5.85. The summed E-state index contributed by atoms with van der Waals surface area (Å²) >= 11 is 0. The van der Waals surface area contributed by atoms with E-state index < -0.39 is 0 Å². The number of nitrogens with two attached hydrogens (primary N) is 1. The molecule has 0 spiro atoms. The Morgan fingerprint density at radius 1 is 1.44 bits per heavy atom. The standard InChI is InChI=1S/C11H17N5O2/c1-3-18-11-9(12)10(13-7-14-11)16-5-4-15(2)8(17)6-16/h7H,3-6,12H2,1-2H3. The zero-order chi connectivity index (χ0) is 13.1. The second kappa shape index (κ2) is 5.07. The van der Waals surface area contributed by atoms with Crippen molar-refractivity contribution < 1.29 is 9.53 Å². The van der Waals surface area contributed by atoms with E-state index in [0.29, 0.717) is 37.1 Å². The zero-order valence-electron chi connectivity index (χ0n) is 10.6. The van der Waals surface area contributed by atoms with Gasteiger partial charge in [0.15, 0.2) is 5.82 Å². The Kier molecular flexibility index (Phi) is 3.50. The van der Waals surface area contributed by atoms with E-state index in [1.54, 1.807) is 11.9 Å². The first kappa shape index (κ1) is 12.4. The fourth-order valence-electron chi connectivity index (χ4n) is 1.81. The van der Waals surface area contributed by atoms with E-state index in [1.165, 1.54) is 6.33 Å². The molecular weight excluding hydrogens is 234 g/mol. The summed E-state index contributed by atoms with van der Waals surface area (Å²) in [5.74, 6) is 0.987. The van der Waals surface area contributed by atoms with Crippen LogP contribution in [0, 0.1) is 0 Å². The van der Waals surface area contributed by atoms with Crippen LogP contribution in [0.1, 0.15) is 6.92 Å². The number of likely N-dealkylation sites (N-methyl/N-ethyl adjacent to an activating group) is 1. The van der Waals surface area contributed by atoms with Crippen molar-refractivity contribution in [1.82, 2.24) is 14.9 Å². The number of hydrogen-bond acceptors (Lipinski definition) is 6. The first-order valence-corrected chi connectivity index (χ1v) is 5.85. The summed E-state index contributed by atoms with van der Waals surface area (Å²) in [4.78, 5) is 23.3. The molecule has 0 unspecified atom stereocenters. The van der Waals surface area contributed by atoms with Crippen molar-refractivity contribution in [2.24, 2.45) is 0 Å². The molecule has 1 saturated heterocycles. The molecule has 2 rings (SSSR count). The first-order chi connectivity index (χ1) is 8.63. The lowest BCUT2D eigenvalue weighted by molar-refractivity contribution is -0.129. The SMILES string of the molecule is CCOc1ncnc(N2CCN(C)C(=O)C2)c1N. The van der Waals surface area contributed by atoms with Gasteiger partial charge in [-0.3, -0.25) is 4.79 Å². The van der Waals surface area contributed by atoms with Crippen LogP contribution in [0.5, 0.6) is 5.88 Å². The molecule has 2 N–H and O–H groups in total. The van der Waals surface area contributed by atoms with Crippen LogP contribution in [-0.4, -0.2) is 54.1 Å². The van der Waals surface area contributed by atoms with Gasteiger partial charge in [-0.05, 0) is 6.92 Å². The number of ether oxygens (including phenoxy) is 1. The van der Waals surface area contributed by atoms with Crippen LogP contribution in [-0.2, 0) is 4.79 Å². The molecule has 1 aliphatic rings. The van der Waals surface area contributed by atoms with Crippen LogP contribution in [0.15, 0.2) is 6.33 Å². The van der Waals surface area contributed by atoms with Gasteiger partial charge in [-0.25, -0.2) is 4.98 Å². The van der Waals surface area contributed by atoms with Crippen molar-refractivity contribution in [1.29, 1.82) is 0 Å². The van der Waals surface area contributed by atoms with Crippen LogP contribution in [0.3, 0.4) is 0 Å². The van der Waals surface area contributed by atoms with Crippen molar-refractivity contribution >= 4 is 17.4 Å². The van der Waals surface area contributed by atoms with Gasteiger partial charge in [0.05, 0.1) is 13.2 Å². The third-order valence-electron chi connectivity index (χ3n) is 2.86. The number of nitrogen functional groups attached to an aromatic ring is 1. The predicted molar refractivity (Wildman–Crippen MR) is 67.5 cm³/mol. The Bertz CT molecular complexity index is 451. The van der Waals surface area contributed by atoms with Crippen molar-refractivity contribution in [3.8, 4) is 5.88 Å². The molecule has 98 valence electrons. The minimum Gasteiger partial charge on any atom is -0.476 e. The highest BCUT2D eigenvalue weighted by atomic mass is 16.5. The van der Waals surface area contributed by atoms with Crippen molar-refractivity contribution in [2.75, 3.05) is 43.9 Å². The van der Waals surface area contributed by atoms with Gasteiger partial charge in [0.25, 0.3) is 0 Å². The van der Waals surface area contributed by atoms with E-state index in [9.17, 15) is 4.79 Å². The zero-order valence-corrected chi connectivity index (χ0v) is 10.6. The summed E-state index contributed by atoms with van der Waals surface area (Å²) < 4.78 is 5.32. The number of piperazine rings is 1. The van der Waals surface area contributed by atoms with E-state index in [2.05, 4.69) is 9.97 Å². The van der Waals surface area contributed by atoms with E-state index in [1.807, 2.05) is 11.8 Å². The molecule has 1 aliphatic heterocycles. The molecule has 1 amide bonds. The number of amides is 1. The summed E-state index contributed by atoms with van der Waals surface area (Å²) in [6.45, 7) is 3.99. The highest BCUT2D eigenvalue weighted by Crippen LogP contribution is 2.28. The van der Waals surface area contributed by atoms with Crippen LogP contribution < -0.4 is 15.4 Å². The average molecular weight is 251 g/mol. The lowest BCUT2D eigenvalue weighted by Gasteiger charge is -2.33. The number of carbonyl (C=O) groups is 1. The molecule has 2 heterocycles. The van der Waals surface area contributed by atoms with Gasteiger partial charge < -0.3 is 20.3 Å². The molecule has 1 aromatic rings. The molecule has 0 aliphatic carbocycles. The molecule has 7 nitrogen and oxygen atoms in total. The molecule has 1 aromatic heterocycles. The highest BCUT2D eigenvalue weighted by Gasteiger charge is 2.24. The highest BCUT2D eigenvalue weighted by molar-refractivity contribution is 5.84. The molecule has 1 fully saturated rings. The van der Waals surface area contributed by atoms with Gasteiger partial charge >= 0.3 is 0 Å². The number of aromatic nitrogens is 2. The van der Waals surface area contributed by atoms with Gasteiger partial charge in [0.2, 0.25) is 11.8 Å². The van der Waals surface area contributed by atoms with Gasteiger partial charge in [-0.15, -0.1) is 0 Å². The van der Waals surface area contributed by atoms with Crippen LogP contribution >= 0.6 is 0 Å². The Hall–Kier alpha value is -2.05. The van der Waals surface area contributed by atoms with Gasteiger partial charge in [-0.2, -0.15) is 4.98 Å². The van der Waals surface area contributed by atoms with Crippen LogP contribution in [0.25, 0.3) is 0 Å². The van der Waals surface area contributed by atoms with E-state index >= 15 is 0 Å². The van der Waals surface area contributed by atoms with Crippen molar-refractivity contribution in [2.45, 2.75) is 6.92 Å². The third-order valence-corrected chi connectivity index (χ3v) is 2.86. The Morgan fingerprint density at radius 3 is 2.89 bits per heavy atom. The number of anilines is 2. The fraction of sp³-hybridized carbons (Fsp3) is 0.545. The maximum atomic E-state index is 11.7. The van der Waals surface area contributed by atoms with Crippen molar-refractivity contribution in [3.63, 3.8) is 0 Å². The third kappa shape index (κ3) is 2.29. The second-order valence-corrected chi connectivity index (χ2v) is 4.09. The average Bonchev–Trinajstić information content (AvgIpc) is 2.36. The number of carbonyl (C=O) groups excluding carboxylic acids is 1. The second-order valence-electron chi connectivity index (χ2n) is 4.09. The molecule has 7 heteroatoms. The summed E-state index contributed by atoms with van der Waals surface area (Å²) in [5.41, 5.74) is 6.35. The Labute approximate surface area is 106 Å². The lowest BCUT2D eigenvalue weighted by Crippen LogP contribution is -2.49. The molecular formula is C11H17N5O2. The summed E-state index contributed by atoms with van der Waals surface area (Å²) in [6, 6.07) is 0. The van der Waals surface area contributed by atoms with Gasteiger partial charge in [-0.1, -0.05) is 0 Å². The molecule has 0 aromatic carbocycles. The molecule has 0 saturated carbocycles. The monoisotopic (exact) mass is 251 g/mol. The Balaban J connectivity index is 2.23. The van der Waals surface area contributed by atoms with E-state index in [0.717, 1.165) is 0 Å². The molecule has 18 heavy (non-hydrogen) atoms. The van der Waals surface area contributed by atoms with Gasteiger partial charge in [0, 0.05) is 20.1 Å². The smallest absolute Gasteiger partial charge is 0.242 e. The maximum absolute atomic E-state index is 11.7. The number of rotatable bonds is 3. The van der Waals surface area contributed by atoms with E-state index in [-0.39, 0.29) is 12.5 Å². The Morgan fingerprint density at radius 2 is 2.22 bits per heavy atom. The maximum Gasteiger partial charge on any atom is 0.242 e. The normalized spacial score (nSPS) is 16.0. The summed E-state index contributed by atoms with van der Waals surface area (Å²) in [5, 5.41) is 0. The number of hydrogen-bond donors (Lipinski definition) is 1. The minimum absolute atomic E-state index is 0.0530. The topological polar surface area (TPSA) is 84.6 Å². The fourth-order valence-corrected chi connectivity index (χ4v) is 1.81. The lowest BCUT2D eigenvalue weighted by atomic mass is 10.3. The summed E-state index contributed by atoms with van der Waals surface area (Å²) in [7, 11) is 1.79. The van der Waals surface area contributed by atoms with Gasteiger partial charge in [0.1, 0.15) is 12.0 Å². The van der Waals surface area contributed by atoms with Crippen LogP contribution in [0.2, 0.25) is 0 Å². The number of nitrogens with zero attached hydrogens (tertiary/aromatic N) is 4. The summed E-state index contributed by atoms with van der Waals surface area (Å²) in [6.07, 6.45) is 1.40. The molecule has 0 bridgehead atoms. The largest absolute Gasteiger partial charge is 0.476 e. The van der Waals surface area contributed by atoms with E-state index in [4.69, 9.17) is 10.5 Å². The quantitative estimate of drug-likeness (QED) is 0.796.